The van der Waals surface area contributed by atoms with Crippen LogP contribution in [-0.4, -0.2) is 40.5 Å². The van der Waals surface area contributed by atoms with E-state index in [0.29, 0.717) is 12.1 Å². The summed E-state index contributed by atoms with van der Waals surface area (Å²) in [4.78, 5) is 0. The first-order valence-electron chi connectivity index (χ1n) is 6.09. The Hall–Kier alpha value is 0.0700. The molecule has 0 aromatic heterocycles. The van der Waals surface area contributed by atoms with Gasteiger partial charge in [-0.25, -0.2) is 0 Å². The van der Waals surface area contributed by atoms with Gasteiger partial charge in [-0.2, -0.15) is 0 Å². The predicted octanol–water partition coefficient (Wildman–Crippen LogP) is 1.69. The third-order valence-corrected chi connectivity index (χ3v) is 3.87. The van der Waals surface area contributed by atoms with E-state index in [1.165, 1.54) is 0 Å². The Morgan fingerprint density at radius 2 is 2.25 bits per heavy atom. The molecule has 1 aliphatic rings. The van der Waals surface area contributed by atoms with Crippen molar-refractivity contribution in [3.63, 3.8) is 0 Å². The lowest BCUT2D eigenvalue weighted by molar-refractivity contribution is -0.0639. The quantitative estimate of drug-likeness (QED) is 0.803. The van der Waals surface area contributed by atoms with Crippen molar-refractivity contribution >= 4 is 10.8 Å². The van der Waals surface area contributed by atoms with Gasteiger partial charge in [-0.15, -0.1) is 0 Å². The van der Waals surface area contributed by atoms with E-state index in [4.69, 9.17) is 4.74 Å². The highest BCUT2D eigenvalue weighted by Gasteiger charge is 2.29. The van der Waals surface area contributed by atoms with Gasteiger partial charge in [-0.1, -0.05) is 0 Å². The summed E-state index contributed by atoms with van der Waals surface area (Å²) in [5, 5.41) is 3.62. The Labute approximate surface area is 102 Å². The van der Waals surface area contributed by atoms with Gasteiger partial charge in [0.2, 0.25) is 0 Å². The lowest BCUT2D eigenvalue weighted by atomic mass is 9.93. The second-order valence-electron chi connectivity index (χ2n) is 5.43. The highest BCUT2D eigenvalue weighted by Crippen LogP contribution is 2.24. The number of nitrogens with one attached hydrogen (secondary N) is 1. The van der Waals surface area contributed by atoms with E-state index in [1.54, 1.807) is 6.26 Å². The molecule has 1 rings (SSSR count). The van der Waals surface area contributed by atoms with Crippen molar-refractivity contribution in [3.8, 4) is 0 Å². The maximum absolute atomic E-state index is 11.0. The van der Waals surface area contributed by atoms with Crippen LogP contribution in [0.15, 0.2) is 0 Å². The minimum atomic E-state index is -0.673. The van der Waals surface area contributed by atoms with Crippen LogP contribution in [0, 0.1) is 0 Å². The van der Waals surface area contributed by atoms with Crippen molar-refractivity contribution in [2.75, 3.05) is 18.6 Å². The Morgan fingerprint density at radius 1 is 1.56 bits per heavy atom. The molecule has 0 spiro atoms. The number of ether oxygens (including phenoxy) is 1. The average molecular weight is 247 g/mol. The van der Waals surface area contributed by atoms with Crippen molar-refractivity contribution < 1.29 is 8.95 Å². The number of hydrogen-bond donors (Lipinski definition) is 1. The molecule has 16 heavy (non-hydrogen) atoms. The van der Waals surface area contributed by atoms with Gasteiger partial charge in [0, 0.05) is 41.5 Å². The third-order valence-electron chi connectivity index (χ3n) is 3.06. The van der Waals surface area contributed by atoms with E-state index in [9.17, 15) is 4.21 Å². The minimum Gasteiger partial charge on any atom is -0.375 e. The number of hydrogen-bond acceptors (Lipinski definition) is 3. The maximum atomic E-state index is 11.0. The van der Waals surface area contributed by atoms with Gasteiger partial charge in [-0.05, 0) is 40.0 Å². The Morgan fingerprint density at radius 3 is 2.81 bits per heavy atom. The second-order valence-corrected chi connectivity index (χ2v) is 6.99. The molecule has 0 aromatic rings. The van der Waals surface area contributed by atoms with Crippen LogP contribution < -0.4 is 5.32 Å². The molecule has 3 unspecified atom stereocenters. The fourth-order valence-electron chi connectivity index (χ4n) is 2.20. The SMILES string of the molecule is CC(CCS(C)=O)NC1CCOC(C)(C)C1. The van der Waals surface area contributed by atoms with Crippen LogP contribution in [0.25, 0.3) is 0 Å². The van der Waals surface area contributed by atoms with Gasteiger partial charge in [-0.3, -0.25) is 4.21 Å². The zero-order valence-electron chi connectivity index (χ0n) is 10.9. The molecule has 1 heterocycles. The summed E-state index contributed by atoms with van der Waals surface area (Å²) in [6, 6.07) is 0.992. The lowest BCUT2D eigenvalue weighted by Gasteiger charge is -2.37. The van der Waals surface area contributed by atoms with Gasteiger partial charge in [0.05, 0.1) is 5.60 Å². The topological polar surface area (TPSA) is 38.3 Å². The molecule has 0 aromatic carbocycles. The number of rotatable bonds is 5. The average Bonchev–Trinajstić information content (AvgIpc) is 2.13. The molecule has 0 radical (unpaired) electrons. The minimum absolute atomic E-state index is 0.00319. The first-order valence-corrected chi connectivity index (χ1v) is 7.82. The second kappa shape index (κ2) is 6.12. The Balaban J connectivity index is 2.28. The molecule has 3 atom stereocenters. The highest BCUT2D eigenvalue weighted by atomic mass is 32.2. The van der Waals surface area contributed by atoms with E-state index in [-0.39, 0.29) is 5.60 Å². The van der Waals surface area contributed by atoms with Crippen molar-refractivity contribution in [2.45, 2.75) is 57.7 Å². The fourth-order valence-corrected chi connectivity index (χ4v) is 2.89. The first kappa shape index (κ1) is 14.1. The zero-order chi connectivity index (χ0) is 12.2. The molecule has 1 fully saturated rings. The summed E-state index contributed by atoms with van der Waals surface area (Å²) in [7, 11) is -0.673. The standard InChI is InChI=1S/C12H25NO2S/c1-10(6-8-16(4)14)13-11-5-7-15-12(2,3)9-11/h10-11,13H,5-9H2,1-4H3. The third kappa shape index (κ3) is 5.41. The molecule has 0 aliphatic carbocycles. The first-order chi connectivity index (χ1) is 7.39. The van der Waals surface area contributed by atoms with E-state index in [2.05, 4.69) is 26.1 Å². The summed E-state index contributed by atoms with van der Waals surface area (Å²) in [6.45, 7) is 7.31. The van der Waals surface area contributed by atoms with E-state index < -0.39 is 10.8 Å². The van der Waals surface area contributed by atoms with Crippen molar-refractivity contribution in [3.05, 3.63) is 0 Å². The molecular formula is C12H25NO2S. The van der Waals surface area contributed by atoms with Gasteiger partial charge in [0.25, 0.3) is 0 Å². The van der Waals surface area contributed by atoms with Crippen molar-refractivity contribution in [1.82, 2.24) is 5.32 Å². The van der Waals surface area contributed by atoms with Crippen LogP contribution in [0.5, 0.6) is 0 Å². The van der Waals surface area contributed by atoms with Crippen molar-refractivity contribution in [2.24, 2.45) is 0 Å². The monoisotopic (exact) mass is 247 g/mol. The summed E-state index contributed by atoms with van der Waals surface area (Å²) in [6.07, 6.45) is 4.90. The molecule has 96 valence electrons. The summed E-state index contributed by atoms with van der Waals surface area (Å²) in [5.41, 5.74) is 0.00319. The molecule has 0 bridgehead atoms. The highest BCUT2D eigenvalue weighted by molar-refractivity contribution is 7.84. The van der Waals surface area contributed by atoms with Gasteiger partial charge in [0.15, 0.2) is 0 Å². The zero-order valence-corrected chi connectivity index (χ0v) is 11.7. The van der Waals surface area contributed by atoms with Crippen molar-refractivity contribution in [1.29, 1.82) is 0 Å². The van der Waals surface area contributed by atoms with Gasteiger partial charge < -0.3 is 10.1 Å². The Bertz CT molecular complexity index is 243. The van der Waals surface area contributed by atoms with E-state index in [1.807, 2.05) is 0 Å². The summed E-state index contributed by atoms with van der Waals surface area (Å²) < 4.78 is 16.7. The van der Waals surface area contributed by atoms with E-state index >= 15 is 0 Å². The van der Waals surface area contributed by atoms with E-state index in [0.717, 1.165) is 31.6 Å². The molecular weight excluding hydrogens is 222 g/mol. The molecule has 4 heteroatoms. The molecule has 1 N–H and O–H groups in total. The van der Waals surface area contributed by atoms with Gasteiger partial charge in [0.1, 0.15) is 0 Å². The normalized spacial score (nSPS) is 28.6. The maximum Gasteiger partial charge on any atom is 0.0641 e. The fraction of sp³-hybridized carbons (Fsp3) is 1.00. The Kier molecular flexibility index (Phi) is 5.41. The predicted molar refractivity (Wildman–Crippen MR) is 69.2 cm³/mol. The molecule has 0 saturated carbocycles. The van der Waals surface area contributed by atoms with Crippen LogP contribution in [0.3, 0.4) is 0 Å². The van der Waals surface area contributed by atoms with Crippen LogP contribution in [0.2, 0.25) is 0 Å². The van der Waals surface area contributed by atoms with Crippen LogP contribution >= 0.6 is 0 Å². The van der Waals surface area contributed by atoms with Crippen LogP contribution in [0.1, 0.15) is 40.0 Å². The van der Waals surface area contributed by atoms with Gasteiger partial charge >= 0.3 is 0 Å². The smallest absolute Gasteiger partial charge is 0.0641 e. The molecule has 1 aliphatic heterocycles. The van der Waals surface area contributed by atoms with Crippen LogP contribution in [-0.2, 0) is 15.5 Å². The lowest BCUT2D eigenvalue weighted by Crippen LogP contribution is -2.46. The molecule has 3 nitrogen and oxygen atoms in total. The summed E-state index contributed by atoms with van der Waals surface area (Å²) in [5.74, 6) is 0.792. The molecule has 1 saturated heterocycles. The largest absolute Gasteiger partial charge is 0.375 e. The summed E-state index contributed by atoms with van der Waals surface area (Å²) >= 11 is 0. The molecule has 0 amide bonds. The van der Waals surface area contributed by atoms with Crippen LogP contribution in [0.4, 0.5) is 0 Å².